The smallest absolute Gasteiger partial charge is 0.273 e. The zero-order valence-electron chi connectivity index (χ0n) is 18.2. The highest BCUT2D eigenvalue weighted by Crippen LogP contribution is 2.34. The molecule has 0 heterocycles. The third kappa shape index (κ3) is 6.85. The number of hydrogen-bond donors (Lipinski definition) is 1. The Morgan fingerprint density at radius 3 is 2.56 bits per heavy atom. The molecule has 176 valence electrons. The van der Waals surface area contributed by atoms with E-state index in [1.807, 2.05) is 6.92 Å². The summed E-state index contributed by atoms with van der Waals surface area (Å²) in [5, 5.41) is 15.0. The number of hydrazone groups is 1. The molecule has 8 nitrogen and oxygen atoms in total. The number of nitrogens with one attached hydrogen (secondary N) is 1. The predicted octanol–water partition coefficient (Wildman–Crippen LogP) is 5.17. The monoisotopic (exact) mass is 529 g/mol. The average molecular weight is 530 g/mol. The maximum atomic E-state index is 13.1. The van der Waals surface area contributed by atoms with Gasteiger partial charge in [0.25, 0.3) is 5.69 Å². The van der Waals surface area contributed by atoms with Crippen molar-refractivity contribution in [2.24, 2.45) is 5.10 Å². The lowest BCUT2D eigenvalue weighted by Crippen LogP contribution is -2.20. The second-order valence-electron chi connectivity index (χ2n) is 7.02. The molecule has 0 bridgehead atoms. The molecule has 0 saturated carbocycles. The number of para-hydroxylation sites is 1. The minimum Gasteiger partial charge on any atom is -0.490 e. The van der Waals surface area contributed by atoms with E-state index in [-0.39, 0.29) is 24.5 Å². The number of benzene rings is 3. The number of carbonyl (C=O) groups excluding carboxylic acids is 1. The Labute approximate surface area is 203 Å². The molecule has 0 fully saturated rings. The molecule has 0 aliphatic carbocycles. The Balaban J connectivity index is 1.68. The molecule has 3 aromatic carbocycles. The minimum atomic E-state index is -0.530. The average Bonchev–Trinajstić information content (AvgIpc) is 2.81. The van der Waals surface area contributed by atoms with Gasteiger partial charge in [-0.3, -0.25) is 14.9 Å². The summed E-state index contributed by atoms with van der Waals surface area (Å²) >= 11 is 3.45. The lowest BCUT2D eigenvalue weighted by molar-refractivity contribution is -0.385. The lowest BCUT2D eigenvalue weighted by atomic mass is 10.1. The first kappa shape index (κ1) is 24.8. The van der Waals surface area contributed by atoms with E-state index in [4.69, 9.17) is 9.47 Å². The van der Waals surface area contributed by atoms with Crippen LogP contribution in [0.5, 0.6) is 11.5 Å². The van der Waals surface area contributed by atoms with Gasteiger partial charge in [-0.25, -0.2) is 9.82 Å². The van der Waals surface area contributed by atoms with Gasteiger partial charge in [-0.05, 0) is 52.7 Å². The molecule has 0 unspecified atom stereocenters. The van der Waals surface area contributed by atoms with E-state index in [0.717, 1.165) is 5.56 Å². The van der Waals surface area contributed by atoms with E-state index in [1.165, 1.54) is 36.5 Å². The van der Waals surface area contributed by atoms with Crippen LogP contribution in [0.25, 0.3) is 0 Å². The van der Waals surface area contributed by atoms with Crippen molar-refractivity contribution in [2.45, 2.75) is 20.0 Å². The van der Waals surface area contributed by atoms with Crippen LogP contribution in [0.15, 0.2) is 70.2 Å². The van der Waals surface area contributed by atoms with E-state index in [2.05, 4.69) is 26.5 Å². The Kier molecular flexibility index (Phi) is 8.69. The van der Waals surface area contributed by atoms with E-state index in [9.17, 15) is 19.3 Å². The fourth-order valence-electron chi connectivity index (χ4n) is 3.00. The first-order valence-electron chi connectivity index (χ1n) is 10.2. The van der Waals surface area contributed by atoms with Crippen LogP contribution in [0.3, 0.4) is 0 Å². The van der Waals surface area contributed by atoms with Crippen molar-refractivity contribution in [1.82, 2.24) is 5.43 Å². The topological polar surface area (TPSA) is 103 Å². The third-order valence-corrected chi connectivity index (χ3v) is 5.29. The zero-order chi connectivity index (χ0) is 24.5. The number of ether oxygens (including phenoxy) is 2. The fraction of sp³-hybridized carbons (Fsp3) is 0.167. The summed E-state index contributed by atoms with van der Waals surface area (Å²) in [6.07, 6.45) is 1.24. The first-order valence-corrected chi connectivity index (χ1v) is 11.0. The Bertz CT molecular complexity index is 1200. The lowest BCUT2D eigenvalue weighted by Gasteiger charge is -2.14. The number of nitro groups is 1. The molecule has 0 aromatic heterocycles. The van der Waals surface area contributed by atoms with Crippen molar-refractivity contribution in [1.29, 1.82) is 0 Å². The van der Waals surface area contributed by atoms with Crippen LogP contribution in [0.1, 0.15) is 23.6 Å². The molecule has 3 aromatic rings. The van der Waals surface area contributed by atoms with E-state index >= 15 is 0 Å². The van der Waals surface area contributed by atoms with Gasteiger partial charge in [0.2, 0.25) is 5.91 Å². The summed E-state index contributed by atoms with van der Waals surface area (Å²) in [6, 6.07) is 15.5. The molecule has 1 amide bonds. The van der Waals surface area contributed by atoms with Crippen molar-refractivity contribution in [2.75, 3.05) is 6.61 Å². The molecule has 0 aliphatic heterocycles. The maximum Gasteiger partial charge on any atom is 0.273 e. The zero-order valence-corrected chi connectivity index (χ0v) is 19.7. The van der Waals surface area contributed by atoms with Gasteiger partial charge in [0.05, 0.1) is 24.2 Å². The number of nitrogens with zero attached hydrogens (tertiary/aromatic N) is 2. The first-order chi connectivity index (χ1) is 16.4. The highest BCUT2D eigenvalue weighted by atomic mass is 79.9. The van der Waals surface area contributed by atoms with Crippen LogP contribution in [0, 0.1) is 15.9 Å². The van der Waals surface area contributed by atoms with Crippen LogP contribution in [-0.2, 0) is 17.8 Å². The molecule has 0 aliphatic rings. The normalized spacial score (nSPS) is 10.8. The van der Waals surface area contributed by atoms with Crippen LogP contribution in [0.4, 0.5) is 10.1 Å². The molecular formula is C24H21BrFN3O5. The largest absolute Gasteiger partial charge is 0.490 e. The molecule has 10 heteroatoms. The molecule has 0 atom stereocenters. The molecular weight excluding hydrogens is 509 g/mol. The number of hydrogen-bond acceptors (Lipinski definition) is 6. The van der Waals surface area contributed by atoms with Crippen LogP contribution < -0.4 is 14.9 Å². The number of nitro benzene ring substituents is 1. The van der Waals surface area contributed by atoms with Crippen molar-refractivity contribution >= 4 is 33.7 Å². The molecule has 0 spiro atoms. The van der Waals surface area contributed by atoms with Crippen LogP contribution in [-0.4, -0.2) is 23.7 Å². The quantitative estimate of drug-likeness (QED) is 0.222. The van der Waals surface area contributed by atoms with Crippen molar-refractivity contribution < 1.29 is 23.6 Å². The summed E-state index contributed by atoms with van der Waals surface area (Å²) in [6.45, 7) is 2.46. The van der Waals surface area contributed by atoms with Gasteiger partial charge < -0.3 is 9.47 Å². The van der Waals surface area contributed by atoms with E-state index < -0.39 is 10.8 Å². The standard InChI is InChI=1S/C24H21BrFN3O5/c1-2-33-22-11-18(20(25)13-23(22)34-15-16-7-9-19(26)10-8-16)14-27-28-24(30)12-17-5-3-4-6-21(17)29(31)32/h3-11,13-14H,2,12,15H2,1H3,(H,28,30)/b27-14+. The Hall–Kier alpha value is -3.79. The maximum absolute atomic E-state index is 13.1. The molecule has 34 heavy (non-hydrogen) atoms. The van der Waals surface area contributed by atoms with Crippen molar-refractivity contribution in [3.8, 4) is 11.5 Å². The second-order valence-corrected chi connectivity index (χ2v) is 7.88. The number of rotatable bonds is 10. The van der Waals surface area contributed by atoms with Gasteiger partial charge in [-0.2, -0.15) is 5.10 Å². The minimum absolute atomic E-state index is 0.123. The Morgan fingerprint density at radius 2 is 1.85 bits per heavy atom. The summed E-state index contributed by atoms with van der Waals surface area (Å²) in [5.74, 6) is 0.140. The molecule has 0 radical (unpaired) electrons. The number of carbonyl (C=O) groups is 1. The van der Waals surface area contributed by atoms with Gasteiger partial charge in [0.15, 0.2) is 11.5 Å². The van der Waals surface area contributed by atoms with Gasteiger partial charge in [0, 0.05) is 21.7 Å². The van der Waals surface area contributed by atoms with E-state index in [0.29, 0.717) is 33.7 Å². The summed E-state index contributed by atoms with van der Waals surface area (Å²) in [4.78, 5) is 22.8. The van der Waals surface area contributed by atoms with Crippen molar-refractivity contribution in [3.05, 3.63) is 97.8 Å². The number of amides is 1. The van der Waals surface area contributed by atoms with Gasteiger partial charge in [0.1, 0.15) is 12.4 Å². The predicted molar refractivity (Wildman–Crippen MR) is 129 cm³/mol. The Morgan fingerprint density at radius 1 is 1.15 bits per heavy atom. The third-order valence-electron chi connectivity index (χ3n) is 4.60. The highest BCUT2D eigenvalue weighted by molar-refractivity contribution is 9.10. The van der Waals surface area contributed by atoms with E-state index in [1.54, 1.807) is 30.3 Å². The van der Waals surface area contributed by atoms with Gasteiger partial charge >= 0.3 is 0 Å². The van der Waals surface area contributed by atoms with Gasteiger partial charge in [-0.15, -0.1) is 0 Å². The SMILES string of the molecule is CCOc1cc(/C=N/NC(=O)Cc2ccccc2[N+](=O)[O-])c(Br)cc1OCc1ccc(F)cc1. The van der Waals surface area contributed by atoms with Crippen LogP contribution >= 0.6 is 15.9 Å². The summed E-state index contributed by atoms with van der Waals surface area (Å²) in [7, 11) is 0. The summed E-state index contributed by atoms with van der Waals surface area (Å²) in [5.41, 5.74) is 3.96. The number of halogens is 2. The second kappa shape index (κ2) is 11.9. The molecule has 1 N–H and O–H groups in total. The fourth-order valence-corrected chi connectivity index (χ4v) is 3.42. The van der Waals surface area contributed by atoms with Crippen LogP contribution in [0.2, 0.25) is 0 Å². The van der Waals surface area contributed by atoms with Crippen molar-refractivity contribution in [3.63, 3.8) is 0 Å². The molecule has 3 rings (SSSR count). The highest BCUT2D eigenvalue weighted by Gasteiger charge is 2.15. The summed E-state index contributed by atoms with van der Waals surface area (Å²) < 4.78 is 25.2. The van der Waals surface area contributed by atoms with Gasteiger partial charge in [-0.1, -0.05) is 30.3 Å². The molecule has 0 saturated heterocycles.